The molecule has 5 heteroatoms. The van der Waals surface area contributed by atoms with Crippen LogP contribution in [0.15, 0.2) is 60.3 Å². The van der Waals surface area contributed by atoms with Crippen molar-refractivity contribution >= 4 is 37.8 Å². The van der Waals surface area contributed by atoms with E-state index in [-0.39, 0.29) is 24.8 Å². The summed E-state index contributed by atoms with van der Waals surface area (Å²) in [5.41, 5.74) is 10.4. The molecule has 168 valence electrons. The third-order valence-corrected chi connectivity index (χ3v) is 25.2. The van der Waals surface area contributed by atoms with E-state index in [2.05, 4.69) is 87.2 Å². The fourth-order valence-corrected chi connectivity index (χ4v) is 28.2. The normalized spacial score (nSPS) is 21.0. The number of rotatable bonds is 3. The fourth-order valence-electron chi connectivity index (χ4n) is 6.42. The molecule has 0 fully saturated rings. The number of allylic oxidation sites excluding steroid dienone is 5. The molecule has 1 nitrogen and oxygen atoms in total. The van der Waals surface area contributed by atoms with Crippen molar-refractivity contribution < 1.29 is 21.8 Å². The number of hydrogen-bond donors (Lipinski definition) is 0. The summed E-state index contributed by atoms with van der Waals surface area (Å²) in [5, 5.41) is 0. The first-order valence-electron chi connectivity index (χ1n) is 10.8. The molecule has 0 spiro atoms. The maximum Gasteiger partial charge on any atom is -0.147 e. The van der Waals surface area contributed by atoms with Gasteiger partial charge in [-0.05, 0) is 0 Å². The SMILES string of the molecule is CC1=Cc2c(-c3ccc(C)o3)cccc2[CH]1[Zr]([CH3])([CH3])(=[SiH2])[C]1=C(C)C(C)=C(C)C1C.Cl.Cl. The molecule has 1 aromatic carbocycles. The summed E-state index contributed by atoms with van der Waals surface area (Å²) in [6, 6.07) is 11.0. The maximum atomic E-state index is 6.01. The van der Waals surface area contributed by atoms with E-state index in [9.17, 15) is 0 Å². The molecular weight excluding hydrogens is 519 g/mol. The third-order valence-electron chi connectivity index (χ3n) is 7.74. The zero-order valence-corrected chi connectivity index (χ0v) is 25.6. The van der Waals surface area contributed by atoms with Crippen LogP contribution < -0.4 is 0 Å². The first kappa shape index (κ1) is 26.7. The van der Waals surface area contributed by atoms with E-state index in [1.807, 2.05) is 10.2 Å². The number of fused-ring (bicyclic) bond motifs is 1. The molecule has 2 aromatic rings. The molecule has 4 rings (SSSR count). The van der Waals surface area contributed by atoms with E-state index >= 15 is 0 Å². The summed E-state index contributed by atoms with van der Waals surface area (Å²) >= 11 is -3.32. The number of halogens is 2. The second-order valence-electron chi connectivity index (χ2n) is 10.4. The fraction of sp³-hybridized carbons (Fsp3) is 0.385. The first-order chi connectivity index (χ1) is 13.4. The summed E-state index contributed by atoms with van der Waals surface area (Å²) in [6.07, 6.45) is 2.45. The smallest absolute Gasteiger partial charge is 0.147 e. The Hall–Kier alpha value is -0.600. The average Bonchev–Trinajstić information content (AvgIpc) is 3.26. The minimum atomic E-state index is -3.32. The van der Waals surface area contributed by atoms with Gasteiger partial charge in [0.05, 0.1) is 0 Å². The monoisotopic (exact) mass is 552 g/mol. The van der Waals surface area contributed by atoms with Crippen LogP contribution in [0.5, 0.6) is 0 Å². The molecule has 2 atom stereocenters. The summed E-state index contributed by atoms with van der Waals surface area (Å²) < 4.78 is 13.7. The molecule has 2 aliphatic rings. The van der Waals surface area contributed by atoms with Gasteiger partial charge in [0.1, 0.15) is 0 Å². The molecule has 0 N–H and O–H groups in total. The maximum absolute atomic E-state index is 6.01. The van der Waals surface area contributed by atoms with Gasteiger partial charge in [-0.3, -0.25) is 0 Å². The summed E-state index contributed by atoms with van der Waals surface area (Å²) in [7, 11) is 0. The third kappa shape index (κ3) is 3.99. The van der Waals surface area contributed by atoms with Crippen molar-refractivity contribution in [1.82, 2.24) is 0 Å². The standard InChI is InChI=1S/C15H13O.C9H13.2CH3.2ClH.H2Si.Zr/c1-10-8-12-4-3-5-13(14(12)9-10)15-7-6-11(2)16-15;1-6-5-7(2)9(4)8(6)3;;;;;;/h3-9H,1-2H3;6H,1-4H3;2*1H3;2*1H;1H2;. The first-order valence-corrected chi connectivity index (χ1v) is 24.3. The van der Waals surface area contributed by atoms with Crippen LogP contribution in [0.2, 0.25) is 9.26 Å². The van der Waals surface area contributed by atoms with Crippen molar-refractivity contribution in [2.45, 2.75) is 54.4 Å². The predicted molar refractivity (Wildman–Crippen MR) is 140 cm³/mol. The van der Waals surface area contributed by atoms with Gasteiger partial charge in [-0.1, -0.05) is 0 Å². The quantitative estimate of drug-likeness (QED) is 0.349. The predicted octanol–water partition coefficient (Wildman–Crippen LogP) is 8.15. The number of benzene rings is 1. The average molecular weight is 555 g/mol. The van der Waals surface area contributed by atoms with E-state index in [0.29, 0.717) is 9.54 Å². The topological polar surface area (TPSA) is 13.1 Å². The van der Waals surface area contributed by atoms with Gasteiger partial charge in [0.2, 0.25) is 0 Å². The molecule has 0 amide bonds. The number of furan rings is 1. The van der Waals surface area contributed by atoms with Gasteiger partial charge in [0.15, 0.2) is 0 Å². The molecule has 0 radical (unpaired) electrons. The van der Waals surface area contributed by atoms with E-state index in [1.165, 1.54) is 27.8 Å². The number of hydrogen-bond acceptors (Lipinski definition) is 1. The Kier molecular flexibility index (Phi) is 7.42. The molecule has 0 aliphatic heterocycles. The molecule has 0 saturated heterocycles. The van der Waals surface area contributed by atoms with E-state index in [4.69, 9.17) is 4.42 Å². The summed E-state index contributed by atoms with van der Waals surface area (Å²) in [4.78, 5) is 0. The largest absolute Gasteiger partial charge is 0.147 e. The minimum absolute atomic E-state index is 0. The van der Waals surface area contributed by atoms with Gasteiger partial charge in [-0.25, -0.2) is 0 Å². The van der Waals surface area contributed by atoms with Crippen molar-refractivity contribution in [3.8, 4) is 11.3 Å². The zero-order valence-electron chi connectivity index (χ0n) is 20.1. The Balaban J connectivity index is 0.00000171. The second kappa shape index (κ2) is 8.64. The molecule has 0 bridgehead atoms. The van der Waals surface area contributed by atoms with Crippen LogP contribution in [0, 0.1) is 12.8 Å². The van der Waals surface area contributed by atoms with Gasteiger partial charge >= 0.3 is 179 Å². The van der Waals surface area contributed by atoms with Gasteiger partial charge < -0.3 is 0 Å². The van der Waals surface area contributed by atoms with Crippen LogP contribution in [-0.2, 0) is 17.4 Å². The molecule has 0 saturated carbocycles. The molecule has 2 unspecified atom stereocenters. The Morgan fingerprint density at radius 3 is 2.06 bits per heavy atom. The Bertz CT molecular complexity index is 1210. The van der Waals surface area contributed by atoms with Crippen molar-refractivity contribution in [2.75, 3.05) is 0 Å². The molecular formula is C26H36Cl2OSiZr. The molecule has 1 heterocycles. The van der Waals surface area contributed by atoms with Crippen molar-refractivity contribution in [3.05, 3.63) is 72.8 Å². The van der Waals surface area contributed by atoms with Crippen LogP contribution >= 0.6 is 24.8 Å². The number of aryl methyl sites for hydroxylation is 1. The summed E-state index contributed by atoms with van der Waals surface area (Å²) in [5.74, 6) is 2.54. The van der Waals surface area contributed by atoms with Crippen molar-refractivity contribution in [2.24, 2.45) is 5.92 Å². The van der Waals surface area contributed by atoms with Gasteiger partial charge in [-0.2, -0.15) is 0 Å². The molecule has 1 aromatic heterocycles. The van der Waals surface area contributed by atoms with Gasteiger partial charge in [-0.15, -0.1) is 24.8 Å². The molecule has 31 heavy (non-hydrogen) atoms. The van der Waals surface area contributed by atoms with Crippen molar-refractivity contribution in [3.63, 3.8) is 0 Å². The van der Waals surface area contributed by atoms with Gasteiger partial charge in [0, 0.05) is 0 Å². The van der Waals surface area contributed by atoms with Crippen molar-refractivity contribution in [1.29, 1.82) is 0 Å². The Morgan fingerprint density at radius 2 is 1.55 bits per heavy atom. The van der Waals surface area contributed by atoms with Crippen LogP contribution in [0.1, 0.15) is 55.1 Å². The minimum Gasteiger partial charge on any atom is -0.147 e. The van der Waals surface area contributed by atoms with Gasteiger partial charge in [0.25, 0.3) is 0 Å². The summed E-state index contributed by atoms with van der Waals surface area (Å²) in [6.45, 7) is 16.3. The Morgan fingerprint density at radius 1 is 0.903 bits per heavy atom. The van der Waals surface area contributed by atoms with Crippen LogP contribution in [-0.4, -0.2) is 6.88 Å². The Labute approximate surface area is 202 Å². The second-order valence-corrected chi connectivity index (χ2v) is 39.8. The van der Waals surface area contributed by atoms with E-state index < -0.39 is 17.4 Å². The van der Waals surface area contributed by atoms with Crippen LogP contribution in [0.4, 0.5) is 0 Å². The van der Waals surface area contributed by atoms with E-state index in [1.54, 1.807) is 11.1 Å². The zero-order chi connectivity index (χ0) is 21.3. The van der Waals surface area contributed by atoms with E-state index in [0.717, 1.165) is 11.5 Å². The molecule has 2 aliphatic carbocycles. The van der Waals surface area contributed by atoms with Crippen LogP contribution in [0.3, 0.4) is 0 Å². The van der Waals surface area contributed by atoms with Crippen LogP contribution in [0.25, 0.3) is 17.4 Å².